The summed E-state index contributed by atoms with van der Waals surface area (Å²) in [6.45, 7) is 5.26. The Morgan fingerprint density at radius 3 is 2.81 bits per heavy atom. The van der Waals surface area contributed by atoms with Crippen LogP contribution in [0.2, 0.25) is 0 Å². The van der Waals surface area contributed by atoms with Crippen LogP contribution in [0.25, 0.3) is 0 Å². The van der Waals surface area contributed by atoms with E-state index in [1.807, 2.05) is 19.9 Å². The van der Waals surface area contributed by atoms with Gasteiger partial charge in [0.15, 0.2) is 0 Å². The van der Waals surface area contributed by atoms with Crippen LogP contribution in [0.4, 0.5) is 9.18 Å². The van der Waals surface area contributed by atoms with Crippen molar-refractivity contribution in [2.75, 3.05) is 13.1 Å². The molecule has 6 nitrogen and oxygen atoms in total. The third kappa shape index (κ3) is 4.70. The predicted octanol–water partition coefficient (Wildman–Crippen LogP) is 3.33. The number of benzene rings is 1. The number of ether oxygens (including phenoxy) is 2. The van der Waals surface area contributed by atoms with Gasteiger partial charge in [-0.05, 0) is 32.0 Å². The van der Waals surface area contributed by atoms with E-state index < -0.39 is 0 Å². The second-order valence-electron chi connectivity index (χ2n) is 6.35. The number of hydrogen-bond donors (Lipinski definition) is 1. The lowest BCUT2D eigenvalue weighted by atomic mass is 10.2. The molecule has 26 heavy (non-hydrogen) atoms. The zero-order valence-corrected chi connectivity index (χ0v) is 14.8. The molecule has 0 aliphatic carbocycles. The van der Waals surface area contributed by atoms with E-state index in [2.05, 4.69) is 10.3 Å². The number of halogens is 1. The van der Waals surface area contributed by atoms with E-state index in [1.54, 1.807) is 29.3 Å². The average molecular weight is 359 g/mol. The van der Waals surface area contributed by atoms with Crippen LogP contribution in [0.3, 0.4) is 0 Å². The summed E-state index contributed by atoms with van der Waals surface area (Å²) in [4.78, 5) is 18.4. The number of pyridine rings is 1. The van der Waals surface area contributed by atoms with E-state index in [0.717, 1.165) is 0 Å². The molecule has 2 heterocycles. The maximum absolute atomic E-state index is 13.3. The molecule has 2 atom stereocenters. The van der Waals surface area contributed by atoms with Crippen LogP contribution in [-0.2, 0) is 11.3 Å². The number of aromatic nitrogens is 1. The lowest BCUT2D eigenvalue weighted by Gasteiger charge is -2.35. The van der Waals surface area contributed by atoms with E-state index in [-0.39, 0.29) is 30.6 Å². The Kier molecular flexibility index (Phi) is 5.68. The summed E-state index contributed by atoms with van der Waals surface area (Å²) in [5.74, 6) is 0.304. The number of nitrogens with zero attached hydrogens (tertiary/aromatic N) is 2. The number of urea groups is 1. The number of rotatable bonds is 4. The van der Waals surface area contributed by atoms with Crippen LogP contribution < -0.4 is 10.1 Å². The van der Waals surface area contributed by atoms with Gasteiger partial charge in [-0.25, -0.2) is 14.2 Å². The number of nitrogens with one attached hydrogen (secondary N) is 1. The smallest absolute Gasteiger partial charge is 0.317 e. The molecule has 1 fully saturated rings. The quantitative estimate of drug-likeness (QED) is 0.909. The van der Waals surface area contributed by atoms with Gasteiger partial charge in [-0.15, -0.1) is 0 Å². The Labute approximate surface area is 151 Å². The van der Waals surface area contributed by atoms with E-state index in [1.165, 1.54) is 12.1 Å². The minimum atomic E-state index is -0.385. The second-order valence-corrected chi connectivity index (χ2v) is 6.35. The Morgan fingerprint density at radius 1 is 1.31 bits per heavy atom. The highest BCUT2D eigenvalue weighted by atomic mass is 19.1. The van der Waals surface area contributed by atoms with Crippen molar-refractivity contribution < 1.29 is 18.7 Å². The highest BCUT2D eigenvalue weighted by Crippen LogP contribution is 2.23. The van der Waals surface area contributed by atoms with Crippen LogP contribution in [-0.4, -0.2) is 41.2 Å². The Bertz CT molecular complexity index is 761. The fourth-order valence-corrected chi connectivity index (χ4v) is 2.92. The molecule has 0 saturated carbocycles. The zero-order chi connectivity index (χ0) is 18.5. The lowest BCUT2D eigenvalue weighted by Crippen LogP contribution is -2.51. The van der Waals surface area contributed by atoms with Crippen LogP contribution in [0, 0.1) is 5.82 Å². The third-order valence-corrected chi connectivity index (χ3v) is 4.00. The Morgan fingerprint density at radius 2 is 2.08 bits per heavy atom. The molecule has 1 saturated heterocycles. The molecule has 138 valence electrons. The van der Waals surface area contributed by atoms with Crippen molar-refractivity contribution in [3.63, 3.8) is 0 Å². The summed E-state index contributed by atoms with van der Waals surface area (Å²) in [5, 5.41) is 2.88. The Hall–Kier alpha value is -2.67. The molecule has 0 bridgehead atoms. The zero-order valence-electron chi connectivity index (χ0n) is 14.8. The van der Waals surface area contributed by atoms with Gasteiger partial charge in [0.25, 0.3) is 0 Å². The van der Waals surface area contributed by atoms with Gasteiger partial charge in [0, 0.05) is 37.5 Å². The van der Waals surface area contributed by atoms with Crippen LogP contribution >= 0.6 is 0 Å². The van der Waals surface area contributed by atoms with Gasteiger partial charge in [0.2, 0.25) is 5.88 Å². The van der Waals surface area contributed by atoms with Crippen molar-refractivity contribution in [3.8, 4) is 11.6 Å². The highest BCUT2D eigenvalue weighted by Gasteiger charge is 2.25. The molecular formula is C19H22FN3O3. The molecule has 3 rings (SSSR count). The second kappa shape index (κ2) is 8.14. The molecular weight excluding hydrogens is 337 g/mol. The molecule has 1 aliphatic rings. The van der Waals surface area contributed by atoms with Crippen LogP contribution in [0.1, 0.15) is 19.4 Å². The summed E-state index contributed by atoms with van der Waals surface area (Å²) in [7, 11) is 0. The van der Waals surface area contributed by atoms with E-state index in [0.29, 0.717) is 30.3 Å². The fraction of sp³-hybridized carbons (Fsp3) is 0.368. The van der Waals surface area contributed by atoms with Gasteiger partial charge < -0.3 is 19.7 Å². The number of hydrogen-bond acceptors (Lipinski definition) is 4. The monoisotopic (exact) mass is 359 g/mol. The molecule has 2 amide bonds. The van der Waals surface area contributed by atoms with Gasteiger partial charge in [-0.1, -0.05) is 12.1 Å². The lowest BCUT2D eigenvalue weighted by molar-refractivity contribution is -0.0545. The molecule has 1 N–H and O–H groups in total. The summed E-state index contributed by atoms with van der Waals surface area (Å²) < 4.78 is 24.6. The van der Waals surface area contributed by atoms with E-state index >= 15 is 0 Å². The fourth-order valence-electron chi connectivity index (χ4n) is 2.92. The summed E-state index contributed by atoms with van der Waals surface area (Å²) >= 11 is 0. The summed E-state index contributed by atoms with van der Waals surface area (Å²) in [5.41, 5.74) is 0.708. The van der Waals surface area contributed by atoms with Gasteiger partial charge >= 0.3 is 6.03 Å². The number of carbonyl (C=O) groups is 1. The molecule has 7 heteroatoms. The molecule has 1 aromatic heterocycles. The van der Waals surface area contributed by atoms with Crippen LogP contribution in [0.15, 0.2) is 42.6 Å². The highest BCUT2D eigenvalue weighted by molar-refractivity contribution is 5.74. The van der Waals surface area contributed by atoms with Crippen molar-refractivity contribution >= 4 is 6.03 Å². The van der Waals surface area contributed by atoms with E-state index in [9.17, 15) is 9.18 Å². The van der Waals surface area contributed by atoms with E-state index in [4.69, 9.17) is 9.47 Å². The van der Waals surface area contributed by atoms with Crippen molar-refractivity contribution in [1.29, 1.82) is 0 Å². The Balaban J connectivity index is 1.64. The normalized spacial score (nSPS) is 19.9. The third-order valence-electron chi connectivity index (χ3n) is 4.00. The largest absolute Gasteiger partial charge is 0.439 e. The molecule has 2 aromatic rings. The molecule has 2 unspecified atom stereocenters. The maximum Gasteiger partial charge on any atom is 0.317 e. The van der Waals surface area contributed by atoms with Gasteiger partial charge in [0.05, 0.1) is 12.2 Å². The number of morpholine rings is 1. The van der Waals surface area contributed by atoms with Gasteiger partial charge in [-0.2, -0.15) is 0 Å². The molecule has 1 aromatic carbocycles. The summed E-state index contributed by atoms with van der Waals surface area (Å²) in [6, 6.07) is 9.26. The van der Waals surface area contributed by atoms with Gasteiger partial charge in [-0.3, -0.25) is 0 Å². The van der Waals surface area contributed by atoms with Crippen molar-refractivity contribution in [2.45, 2.75) is 32.6 Å². The van der Waals surface area contributed by atoms with Crippen LogP contribution in [0.5, 0.6) is 11.6 Å². The average Bonchev–Trinajstić information content (AvgIpc) is 2.60. The minimum absolute atomic E-state index is 0.00904. The number of amides is 2. The maximum atomic E-state index is 13.3. The number of carbonyl (C=O) groups excluding carboxylic acids is 1. The first-order valence-electron chi connectivity index (χ1n) is 8.57. The molecule has 0 spiro atoms. The first-order chi connectivity index (χ1) is 12.5. The topological polar surface area (TPSA) is 63.7 Å². The first kappa shape index (κ1) is 18.1. The summed E-state index contributed by atoms with van der Waals surface area (Å²) in [6.07, 6.45) is 1.61. The molecule has 0 radical (unpaired) electrons. The SMILES string of the molecule is CC1CN(C(=O)NCc2cccnc2Oc2cccc(F)c2)CC(C)O1. The standard InChI is InChI=1S/C19H22FN3O3/c1-13-11-23(12-14(2)25-13)19(24)22-10-15-5-4-8-21-18(15)26-17-7-3-6-16(20)9-17/h3-9,13-14H,10-12H2,1-2H3,(H,22,24). The van der Waals surface area contributed by atoms with Crippen molar-refractivity contribution in [3.05, 3.63) is 54.0 Å². The predicted molar refractivity (Wildman–Crippen MR) is 94.5 cm³/mol. The van der Waals surface area contributed by atoms with Gasteiger partial charge in [0.1, 0.15) is 11.6 Å². The van der Waals surface area contributed by atoms with Crippen molar-refractivity contribution in [2.24, 2.45) is 0 Å². The minimum Gasteiger partial charge on any atom is -0.439 e. The van der Waals surface area contributed by atoms with Crippen molar-refractivity contribution in [1.82, 2.24) is 15.2 Å². The molecule has 1 aliphatic heterocycles. The first-order valence-corrected chi connectivity index (χ1v) is 8.57.